The largest absolute Gasteiger partial charge is 0.375 e. The lowest BCUT2D eigenvalue weighted by atomic mass is 9.87. The van der Waals surface area contributed by atoms with Crippen molar-refractivity contribution in [2.45, 2.75) is 39.5 Å². The second-order valence-electron chi connectivity index (χ2n) is 5.53. The highest BCUT2D eigenvalue weighted by atomic mass is 32.2. The lowest BCUT2D eigenvalue weighted by Gasteiger charge is -2.19. The molecule has 1 rings (SSSR count). The average Bonchev–Trinajstić information content (AvgIpc) is 2.26. The smallest absolute Gasteiger partial charge is 0.312 e. The maximum Gasteiger partial charge on any atom is 0.312 e. The number of nitro benzene ring substituents is 1. The van der Waals surface area contributed by atoms with Gasteiger partial charge >= 0.3 is 15.8 Å². The third-order valence-electron chi connectivity index (χ3n) is 2.69. The van der Waals surface area contributed by atoms with Crippen molar-refractivity contribution in [3.05, 3.63) is 33.9 Å². The van der Waals surface area contributed by atoms with Gasteiger partial charge in [0.15, 0.2) is 0 Å². The number of hydrogen-bond acceptors (Lipinski definition) is 5. The summed E-state index contributed by atoms with van der Waals surface area (Å²) in [6.45, 7) is 7.44. The Labute approximate surface area is 119 Å². The molecule has 1 aromatic carbocycles. The van der Waals surface area contributed by atoms with Crippen molar-refractivity contribution in [1.29, 1.82) is 0 Å². The quantitative estimate of drug-likeness (QED) is 0.474. The van der Waals surface area contributed by atoms with Crippen LogP contribution in [0.4, 0.5) is 5.69 Å². The summed E-state index contributed by atoms with van der Waals surface area (Å²) >= 11 is 0. The van der Waals surface area contributed by atoms with Crippen molar-refractivity contribution < 1.29 is 17.5 Å². The molecule has 0 fully saturated rings. The molecule has 0 aromatic heterocycles. The molecule has 0 atom stereocenters. The van der Waals surface area contributed by atoms with Crippen LogP contribution in [0.2, 0.25) is 0 Å². The van der Waals surface area contributed by atoms with Crippen LogP contribution >= 0.6 is 0 Å². The van der Waals surface area contributed by atoms with Crippen LogP contribution in [0.25, 0.3) is 0 Å². The molecule has 0 saturated carbocycles. The summed E-state index contributed by atoms with van der Waals surface area (Å²) in [5.41, 5.74) is 0.132. The summed E-state index contributed by atoms with van der Waals surface area (Å²) in [6.07, 6.45) is 0.385. The first-order chi connectivity index (χ1) is 9.07. The zero-order valence-electron chi connectivity index (χ0n) is 12.0. The maximum absolute atomic E-state index is 11.6. The van der Waals surface area contributed by atoms with Gasteiger partial charge in [-0.1, -0.05) is 33.8 Å². The number of nitrogens with zero attached hydrogens (tertiary/aromatic N) is 1. The minimum Gasteiger partial charge on any atom is -0.375 e. The zero-order chi connectivity index (χ0) is 15.6. The summed E-state index contributed by atoms with van der Waals surface area (Å²) in [5.74, 6) is -0.415. The topological polar surface area (TPSA) is 86.5 Å². The van der Waals surface area contributed by atoms with Gasteiger partial charge in [0.05, 0.1) is 10.7 Å². The number of rotatable bonds is 5. The molecule has 0 radical (unpaired) electrons. The van der Waals surface area contributed by atoms with E-state index in [1.54, 1.807) is 13.0 Å². The van der Waals surface area contributed by atoms with E-state index in [9.17, 15) is 18.5 Å². The first kappa shape index (κ1) is 16.4. The molecule has 6 nitrogen and oxygen atoms in total. The Morgan fingerprint density at radius 2 is 1.90 bits per heavy atom. The standard InChI is InChI=1S/C13H19NO5S/c1-5-8-20(17,18)19-12-7-6-10(13(2,3)4)9-11(12)14(15)16/h6-7,9H,5,8H2,1-4H3. The van der Waals surface area contributed by atoms with E-state index >= 15 is 0 Å². The highest BCUT2D eigenvalue weighted by Gasteiger charge is 2.24. The molecule has 0 unspecified atom stereocenters. The minimum absolute atomic E-state index is 0.175. The van der Waals surface area contributed by atoms with Crippen LogP contribution < -0.4 is 4.18 Å². The van der Waals surface area contributed by atoms with E-state index < -0.39 is 15.0 Å². The first-order valence-electron chi connectivity index (χ1n) is 6.28. The zero-order valence-corrected chi connectivity index (χ0v) is 12.9. The molecule has 0 saturated heterocycles. The van der Waals surface area contributed by atoms with Crippen LogP contribution in [0.1, 0.15) is 39.7 Å². The second-order valence-corrected chi connectivity index (χ2v) is 7.23. The van der Waals surface area contributed by atoms with Gasteiger partial charge in [0.2, 0.25) is 5.75 Å². The summed E-state index contributed by atoms with van der Waals surface area (Å²) in [6, 6.07) is 4.34. The molecule has 0 aliphatic rings. The Kier molecular flexibility index (Phi) is 4.75. The van der Waals surface area contributed by atoms with E-state index in [1.807, 2.05) is 20.8 Å². The van der Waals surface area contributed by atoms with Gasteiger partial charge in [-0.3, -0.25) is 10.1 Å². The molecular weight excluding hydrogens is 282 g/mol. The molecule has 0 bridgehead atoms. The van der Waals surface area contributed by atoms with Crippen LogP contribution in [0.15, 0.2) is 18.2 Å². The van der Waals surface area contributed by atoms with Gasteiger partial charge in [-0.2, -0.15) is 8.42 Å². The molecule has 112 valence electrons. The van der Waals surface area contributed by atoms with Crippen LogP contribution in [0.5, 0.6) is 5.75 Å². The molecule has 0 amide bonds. The van der Waals surface area contributed by atoms with Crippen LogP contribution in [0.3, 0.4) is 0 Å². The molecule has 1 aromatic rings. The van der Waals surface area contributed by atoms with Gasteiger partial charge < -0.3 is 4.18 Å². The normalized spacial score (nSPS) is 12.2. The maximum atomic E-state index is 11.6. The predicted molar refractivity (Wildman–Crippen MR) is 76.5 cm³/mol. The van der Waals surface area contributed by atoms with Crippen molar-refractivity contribution in [3.8, 4) is 5.75 Å². The lowest BCUT2D eigenvalue weighted by molar-refractivity contribution is -0.385. The molecule has 0 aliphatic heterocycles. The van der Waals surface area contributed by atoms with E-state index in [2.05, 4.69) is 0 Å². The van der Waals surface area contributed by atoms with Crippen LogP contribution in [0, 0.1) is 10.1 Å². The highest BCUT2D eigenvalue weighted by Crippen LogP contribution is 2.33. The van der Waals surface area contributed by atoms with Gasteiger partial charge in [-0.15, -0.1) is 0 Å². The van der Waals surface area contributed by atoms with Crippen molar-refractivity contribution >= 4 is 15.8 Å². The summed E-state index contributed by atoms with van der Waals surface area (Å²) in [7, 11) is -3.79. The van der Waals surface area contributed by atoms with E-state index in [0.717, 1.165) is 5.56 Å². The van der Waals surface area contributed by atoms with Crippen molar-refractivity contribution in [2.24, 2.45) is 0 Å². The molecular formula is C13H19NO5S. The predicted octanol–water partition coefficient (Wildman–Crippen LogP) is 3.01. The first-order valence-corrected chi connectivity index (χ1v) is 7.85. The Morgan fingerprint density at radius 3 is 2.35 bits per heavy atom. The van der Waals surface area contributed by atoms with Crippen molar-refractivity contribution in [2.75, 3.05) is 5.75 Å². The van der Waals surface area contributed by atoms with Crippen LogP contribution in [-0.2, 0) is 15.5 Å². The fourth-order valence-electron chi connectivity index (χ4n) is 1.63. The minimum atomic E-state index is -3.79. The Bertz CT molecular complexity index is 602. The van der Waals surface area contributed by atoms with Gasteiger partial charge in [-0.05, 0) is 23.5 Å². The average molecular weight is 301 g/mol. The second kappa shape index (κ2) is 5.78. The van der Waals surface area contributed by atoms with Gasteiger partial charge in [0.25, 0.3) is 0 Å². The molecule has 7 heteroatoms. The lowest BCUT2D eigenvalue weighted by Crippen LogP contribution is -2.15. The number of nitro groups is 1. The Morgan fingerprint density at radius 1 is 1.30 bits per heavy atom. The molecule has 20 heavy (non-hydrogen) atoms. The van der Waals surface area contributed by atoms with E-state index in [1.165, 1.54) is 12.1 Å². The summed E-state index contributed by atoms with van der Waals surface area (Å²) < 4.78 is 28.1. The molecule has 0 heterocycles. The Hall–Kier alpha value is -1.63. The van der Waals surface area contributed by atoms with Gasteiger partial charge in [-0.25, -0.2) is 0 Å². The van der Waals surface area contributed by atoms with Gasteiger partial charge in [0.1, 0.15) is 0 Å². The SMILES string of the molecule is CCCS(=O)(=O)Oc1ccc(C(C)(C)C)cc1[N+](=O)[O-]. The highest BCUT2D eigenvalue weighted by molar-refractivity contribution is 7.87. The Balaban J connectivity index is 3.25. The summed E-state index contributed by atoms with van der Waals surface area (Å²) in [4.78, 5) is 10.4. The van der Waals surface area contributed by atoms with Crippen molar-refractivity contribution in [3.63, 3.8) is 0 Å². The fourth-order valence-corrected chi connectivity index (χ4v) is 2.62. The van der Waals surface area contributed by atoms with Gasteiger partial charge in [0, 0.05) is 6.07 Å². The van der Waals surface area contributed by atoms with E-state index in [4.69, 9.17) is 4.18 Å². The van der Waals surface area contributed by atoms with E-state index in [0.29, 0.717) is 6.42 Å². The fraction of sp³-hybridized carbons (Fsp3) is 0.538. The number of benzene rings is 1. The monoisotopic (exact) mass is 301 g/mol. The molecule has 0 spiro atoms. The third kappa shape index (κ3) is 4.19. The molecule has 0 aliphatic carbocycles. The number of hydrogen-bond donors (Lipinski definition) is 0. The van der Waals surface area contributed by atoms with E-state index in [-0.39, 0.29) is 22.6 Å². The van der Waals surface area contributed by atoms with Crippen molar-refractivity contribution in [1.82, 2.24) is 0 Å². The third-order valence-corrected chi connectivity index (χ3v) is 4.03. The van der Waals surface area contributed by atoms with Crippen LogP contribution in [-0.4, -0.2) is 19.1 Å². The summed E-state index contributed by atoms with van der Waals surface area (Å²) in [5, 5.41) is 11.1. The molecule has 0 N–H and O–H groups in total.